The number of fused-ring (bicyclic) bond motifs is 1. The molecule has 1 atom stereocenters. The molecule has 9 nitrogen and oxygen atoms in total. The molecule has 0 bridgehead atoms. The van der Waals surface area contributed by atoms with Gasteiger partial charge in [0.25, 0.3) is 5.91 Å². The van der Waals surface area contributed by atoms with Crippen molar-refractivity contribution < 1.29 is 24.5 Å². The lowest BCUT2D eigenvalue weighted by Gasteiger charge is -2.37. The van der Waals surface area contributed by atoms with Crippen LogP contribution in [-0.4, -0.2) is 57.2 Å². The molecule has 3 heterocycles. The lowest BCUT2D eigenvalue weighted by atomic mass is 9.89. The highest BCUT2D eigenvalue weighted by Gasteiger charge is 2.40. The minimum Gasteiger partial charge on any atom is -0.457 e. The molecule has 2 aliphatic rings. The average molecular weight is 436 g/mol. The van der Waals surface area contributed by atoms with Crippen LogP contribution in [0.25, 0.3) is 0 Å². The summed E-state index contributed by atoms with van der Waals surface area (Å²) in [5.41, 5.74) is 1.80. The van der Waals surface area contributed by atoms with Crippen molar-refractivity contribution in [3.8, 4) is 6.07 Å². The van der Waals surface area contributed by atoms with Gasteiger partial charge in [-0.1, -0.05) is 6.07 Å². The highest BCUT2D eigenvalue weighted by Crippen LogP contribution is 2.31. The second kappa shape index (κ2) is 8.67. The fraction of sp³-hybridized carbons (Fsp3) is 0.391. The van der Waals surface area contributed by atoms with Gasteiger partial charge in [0.2, 0.25) is 0 Å². The number of benzene rings is 1. The van der Waals surface area contributed by atoms with Gasteiger partial charge in [-0.05, 0) is 49.1 Å². The smallest absolute Gasteiger partial charge is 0.338 e. The van der Waals surface area contributed by atoms with Crippen molar-refractivity contribution in [3.63, 3.8) is 0 Å². The molecule has 1 aromatic heterocycles. The van der Waals surface area contributed by atoms with Gasteiger partial charge in [-0.25, -0.2) is 9.78 Å². The fourth-order valence-electron chi connectivity index (χ4n) is 4.17. The lowest BCUT2D eigenvalue weighted by Crippen LogP contribution is -2.52. The Hall–Kier alpha value is -3.32. The van der Waals surface area contributed by atoms with Crippen LogP contribution in [0.15, 0.2) is 30.5 Å². The summed E-state index contributed by atoms with van der Waals surface area (Å²) >= 11 is 0. The lowest BCUT2D eigenvalue weighted by molar-refractivity contribution is -0.139. The number of likely N-dealkylation sites (tertiary alicyclic amines) is 1. The number of nitrogens with one attached hydrogen (secondary N) is 1. The van der Waals surface area contributed by atoms with Crippen LogP contribution >= 0.6 is 0 Å². The Balaban J connectivity index is 1.34. The molecule has 4 rings (SSSR count). The highest BCUT2D eigenvalue weighted by atomic mass is 16.5. The number of β-amino-alcohol motifs (C(OH)–C–C–N with tert-alkyl or cyclic N) is 1. The van der Waals surface area contributed by atoms with Gasteiger partial charge < -0.3 is 25.2 Å². The van der Waals surface area contributed by atoms with Crippen LogP contribution in [0.1, 0.15) is 51.6 Å². The number of carbonyl (C=O) groups is 2. The maximum Gasteiger partial charge on any atom is 0.338 e. The third kappa shape index (κ3) is 4.21. The summed E-state index contributed by atoms with van der Waals surface area (Å²) in [5, 5.41) is 33.0. The summed E-state index contributed by atoms with van der Waals surface area (Å²) < 4.78 is 5.07. The zero-order valence-electron chi connectivity index (χ0n) is 17.7. The Morgan fingerprint density at radius 2 is 2.09 bits per heavy atom. The second-order valence-electron chi connectivity index (χ2n) is 8.23. The topological polar surface area (TPSA) is 136 Å². The number of rotatable bonds is 5. The molecular formula is C23H24N4O5. The molecule has 1 saturated heterocycles. The van der Waals surface area contributed by atoms with Crippen LogP contribution < -0.4 is 5.32 Å². The molecule has 9 heteroatoms. The minimum absolute atomic E-state index is 0.216. The Kier molecular flexibility index (Phi) is 5.93. The summed E-state index contributed by atoms with van der Waals surface area (Å²) in [4.78, 5) is 30.3. The molecule has 0 saturated carbocycles. The normalized spacial score (nSPS) is 18.4. The predicted octanol–water partition coefficient (Wildman–Crippen LogP) is 1.43. The monoisotopic (exact) mass is 436 g/mol. The van der Waals surface area contributed by atoms with E-state index >= 15 is 0 Å². The van der Waals surface area contributed by atoms with E-state index in [4.69, 9.17) is 10.00 Å². The predicted molar refractivity (Wildman–Crippen MR) is 113 cm³/mol. The van der Waals surface area contributed by atoms with E-state index in [0.717, 1.165) is 16.7 Å². The molecule has 32 heavy (non-hydrogen) atoms. The number of esters is 1. The minimum atomic E-state index is -1.53. The third-order valence-corrected chi connectivity index (χ3v) is 6.24. The number of hydrogen-bond acceptors (Lipinski definition) is 8. The molecule has 2 aliphatic heterocycles. The van der Waals surface area contributed by atoms with Crippen LogP contribution in [0.5, 0.6) is 0 Å². The molecule has 0 aliphatic carbocycles. The van der Waals surface area contributed by atoms with Crippen LogP contribution in [0.3, 0.4) is 0 Å². The Morgan fingerprint density at radius 1 is 1.34 bits per heavy atom. The number of anilines is 1. The van der Waals surface area contributed by atoms with E-state index in [1.54, 1.807) is 18.2 Å². The van der Waals surface area contributed by atoms with E-state index in [-0.39, 0.29) is 31.2 Å². The van der Waals surface area contributed by atoms with Crippen LogP contribution in [0.4, 0.5) is 5.82 Å². The highest BCUT2D eigenvalue weighted by molar-refractivity contribution is 5.96. The summed E-state index contributed by atoms with van der Waals surface area (Å²) in [7, 11) is 0. The third-order valence-electron chi connectivity index (χ3n) is 6.24. The summed E-state index contributed by atoms with van der Waals surface area (Å²) in [6.07, 6.45) is 1.02. The van der Waals surface area contributed by atoms with E-state index in [2.05, 4.69) is 10.3 Å². The van der Waals surface area contributed by atoms with Crippen LogP contribution in [-0.2, 0) is 16.1 Å². The molecule has 1 amide bonds. The second-order valence-corrected chi connectivity index (χ2v) is 8.23. The number of pyridine rings is 1. The number of cyclic esters (lactones) is 1. The zero-order valence-corrected chi connectivity index (χ0v) is 17.7. The summed E-state index contributed by atoms with van der Waals surface area (Å²) in [6.45, 7) is 3.32. The largest absolute Gasteiger partial charge is 0.457 e. The quantitative estimate of drug-likeness (QED) is 0.599. The molecule has 166 valence electrons. The Labute approximate surface area is 185 Å². The molecule has 2 aromatic rings. The number of hydrogen-bond donors (Lipinski definition) is 3. The van der Waals surface area contributed by atoms with E-state index in [0.29, 0.717) is 30.8 Å². The molecule has 1 aromatic carbocycles. The van der Waals surface area contributed by atoms with Gasteiger partial charge in [-0.3, -0.25) is 4.79 Å². The SMILES string of the molecule is Cc1c([C@H](O)CN2CCC(O)(C(=O)Nc3ccc(C#N)cn3)CC2)ccc2c1COC2=O. The Morgan fingerprint density at radius 3 is 2.75 bits per heavy atom. The summed E-state index contributed by atoms with van der Waals surface area (Å²) in [6, 6.07) is 8.46. The number of aliphatic hydroxyl groups is 2. The van der Waals surface area contributed by atoms with E-state index in [1.807, 2.05) is 17.9 Å². The average Bonchev–Trinajstić information content (AvgIpc) is 3.17. The molecular weight excluding hydrogens is 412 g/mol. The number of aromatic nitrogens is 1. The van der Waals surface area contributed by atoms with Crippen molar-refractivity contribution in [3.05, 3.63) is 58.3 Å². The molecule has 1 fully saturated rings. The van der Waals surface area contributed by atoms with Crippen molar-refractivity contribution in [1.82, 2.24) is 9.88 Å². The van der Waals surface area contributed by atoms with Gasteiger partial charge in [-0.15, -0.1) is 0 Å². The first kappa shape index (κ1) is 21.9. The number of amides is 1. The number of aliphatic hydroxyl groups excluding tert-OH is 1. The van der Waals surface area contributed by atoms with Gasteiger partial charge in [0, 0.05) is 31.4 Å². The standard InChI is InChI=1S/C23H24N4O5/c1-14-16(3-4-17-18(14)13-32-21(17)29)19(28)12-27-8-6-23(31,7-9-27)22(30)26-20-5-2-15(10-24)11-25-20/h2-5,11,19,28,31H,6-9,12-13H2,1H3,(H,25,26,30)/t19-/m1/s1. The van der Waals surface area contributed by atoms with Crippen molar-refractivity contribution in [2.45, 2.75) is 38.1 Å². The molecule has 3 N–H and O–H groups in total. The number of carbonyl (C=O) groups excluding carboxylic acids is 2. The fourth-order valence-corrected chi connectivity index (χ4v) is 4.17. The molecule has 0 unspecified atom stereocenters. The maximum absolute atomic E-state index is 12.6. The van der Waals surface area contributed by atoms with Crippen molar-refractivity contribution in [1.29, 1.82) is 5.26 Å². The van der Waals surface area contributed by atoms with E-state index in [9.17, 15) is 19.8 Å². The van der Waals surface area contributed by atoms with Gasteiger partial charge in [-0.2, -0.15) is 5.26 Å². The van der Waals surface area contributed by atoms with Gasteiger partial charge in [0.15, 0.2) is 0 Å². The van der Waals surface area contributed by atoms with E-state index in [1.165, 1.54) is 12.3 Å². The first-order valence-electron chi connectivity index (χ1n) is 10.4. The first-order valence-corrected chi connectivity index (χ1v) is 10.4. The first-order chi connectivity index (χ1) is 15.3. The molecule has 0 spiro atoms. The Bertz CT molecular complexity index is 1080. The number of piperidine rings is 1. The van der Waals surface area contributed by atoms with Crippen molar-refractivity contribution in [2.24, 2.45) is 0 Å². The van der Waals surface area contributed by atoms with Gasteiger partial charge >= 0.3 is 5.97 Å². The van der Waals surface area contributed by atoms with Crippen molar-refractivity contribution in [2.75, 3.05) is 25.0 Å². The van der Waals surface area contributed by atoms with E-state index < -0.39 is 17.6 Å². The maximum atomic E-state index is 12.6. The van der Waals surface area contributed by atoms with Gasteiger partial charge in [0.05, 0.1) is 17.2 Å². The number of ether oxygens (including phenoxy) is 1. The summed E-state index contributed by atoms with van der Waals surface area (Å²) in [5.74, 6) is -0.599. The van der Waals surface area contributed by atoms with Crippen LogP contribution in [0, 0.1) is 18.3 Å². The zero-order chi connectivity index (χ0) is 22.9. The van der Waals surface area contributed by atoms with Crippen molar-refractivity contribution >= 4 is 17.7 Å². The van der Waals surface area contributed by atoms with Gasteiger partial charge in [0.1, 0.15) is 24.1 Å². The van der Waals surface area contributed by atoms with Crippen LogP contribution in [0.2, 0.25) is 0 Å². The molecule has 0 radical (unpaired) electrons. The number of nitriles is 1. The number of nitrogens with zero attached hydrogens (tertiary/aromatic N) is 3.